The second kappa shape index (κ2) is 9.32. The molecule has 0 unspecified atom stereocenters. The summed E-state index contributed by atoms with van der Waals surface area (Å²) in [7, 11) is -3.59. The molecule has 9 heteroatoms. The van der Waals surface area contributed by atoms with Gasteiger partial charge in [-0.2, -0.15) is 0 Å². The van der Waals surface area contributed by atoms with Crippen LogP contribution in [-0.2, 0) is 20.9 Å². The predicted octanol–water partition coefficient (Wildman–Crippen LogP) is 6.63. The van der Waals surface area contributed by atoms with Crippen molar-refractivity contribution in [1.29, 1.82) is 0 Å². The van der Waals surface area contributed by atoms with Crippen LogP contribution in [0.4, 0.5) is 0 Å². The molecule has 35 heavy (non-hydrogen) atoms. The number of rotatable bonds is 6. The first kappa shape index (κ1) is 25.8. The number of nitrogens with one attached hydrogen (secondary N) is 1. The van der Waals surface area contributed by atoms with Crippen molar-refractivity contribution in [2.75, 3.05) is 12.9 Å². The van der Waals surface area contributed by atoms with Gasteiger partial charge in [-0.25, -0.2) is 8.42 Å². The van der Waals surface area contributed by atoms with E-state index in [0.29, 0.717) is 33.8 Å². The zero-order valence-electron chi connectivity index (χ0n) is 19.7. The van der Waals surface area contributed by atoms with Gasteiger partial charge in [0, 0.05) is 22.4 Å². The molecule has 4 rings (SSSR count). The third kappa shape index (κ3) is 4.65. The van der Waals surface area contributed by atoms with E-state index in [9.17, 15) is 8.42 Å². The third-order valence-electron chi connectivity index (χ3n) is 6.49. The molecular weight excluding hydrogens is 527 g/mol. The number of benzene rings is 3. The van der Waals surface area contributed by atoms with Gasteiger partial charge in [0.2, 0.25) is 0 Å². The smallest absolute Gasteiger partial charge is 0.177 e. The minimum absolute atomic E-state index is 0.00964. The van der Waals surface area contributed by atoms with E-state index in [4.69, 9.17) is 44.5 Å². The summed E-state index contributed by atoms with van der Waals surface area (Å²) in [6.07, 6.45) is 1.12. The van der Waals surface area contributed by atoms with Crippen LogP contribution >= 0.6 is 34.8 Å². The van der Waals surface area contributed by atoms with Gasteiger partial charge in [-0.15, -0.1) is 0 Å². The lowest BCUT2D eigenvalue weighted by atomic mass is 9.72. The van der Waals surface area contributed by atoms with Crippen molar-refractivity contribution in [2.45, 2.75) is 36.7 Å². The number of nitrogens with zero attached hydrogens (tertiary/aromatic N) is 1. The fraction of sp³-hybridized carbons (Fsp3) is 0.269. The monoisotopic (exact) mass is 550 g/mol. The molecule has 2 atom stereocenters. The van der Waals surface area contributed by atoms with E-state index in [0.717, 1.165) is 17.4 Å². The molecule has 0 fully saturated rings. The Balaban J connectivity index is 1.97. The van der Waals surface area contributed by atoms with Crippen LogP contribution < -0.4 is 10.1 Å². The van der Waals surface area contributed by atoms with Crippen molar-refractivity contribution in [1.82, 2.24) is 5.32 Å². The highest BCUT2D eigenvalue weighted by molar-refractivity contribution is 7.90. The van der Waals surface area contributed by atoms with Gasteiger partial charge in [0.1, 0.15) is 17.1 Å². The maximum atomic E-state index is 12.4. The fourth-order valence-corrected chi connectivity index (χ4v) is 5.96. The molecular formula is C26H25Cl3N2O3S. The zero-order valence-corrected chi connectivity index (χ0v) is 22.8. The Morgan fingerprint density at radius 3 is 1.97 bits per heavy atom. The molecule has 0 aromatic heterocycles. The molecule has 1 heterocycles. The lowest BCUT2D eigenvalue weighted by Gasteiger charge is -2.40. The largest absolute Gasteiger partial charge is 0.493 e. The average Bonchev–Trinajstić information content (AvgIpc) is 3.06. The molecule has 0 spiro atoms. The van der Waals surface area contributed by atoms with Crippen molar-refractivity contribution in [3.63, 3.8) is 0 Å². The summed E-state index contributed by atoms with van der Waals surface area (Å²) in [5.41, 5.74) is 0.865. The van der Waals surface area contributed by atoms with Crippen LogP contribution in [0.15, 0.2) is 70.6 Å². The van der Waals surface area contributed by atoms with Gasteiger partial charge in [-0.1, -0.05) is 59.1 Å². The lowest BCUT2D eigenvalue weighted by Crippen LogP contribution is -2.50. The minimum atomic E-state index is -3.59. The Bertz CT molecular complexity index is 1410. The second-order valence-corrected chi connectivity index (χ2v) is 12.0. The topological polar surface area (TPSA) is 67.8 Å². The molecule has 1 N–H and O–H groups in total. The summed E-state index contributed by atoms with van der Waals surface area (Å²) in [5.74, 6) is 0.930. The van der Waals surface area contributed by atoms with E-state index in [1.54, 1.807) is 0 Å². The van der Waals surface area contributed by atoms with E-state index < -0.39 is 20.9 Å². The summed E-state index contributed by atoms with van der Waals surface area (Å²) in [6.45, 7) is 6.30. The number of hydrogen-bond acceptors (Lipinski definition) is 5. The van der Waals surface area contributed by atoms with E-state index in [1.165, 1.54) is 12.1 Å². The predicted molar refractivity (Wildman–Crippen MR) is 143 cm³/mol. The first-order valence-corrected chi connectivity index (χ1v) is 14.0. The van der Waals surface area contributed by atoms with E-state index in [-0.39, 0.29) is 9.92 Å². The molecule has 0 saturated carbocycles. The summed E-state index contributed by atoms with van der Waals surface area (Å²) in [4.78, 5) is 5.16. The van der Waals surface area contributed by atoms with Crippen LogP contribution in [-0.4, -0.2) is 27.1 Å². The number of sulfone groups is 1. The van der Waals surface area contributed by atoms with Crippen molar-refractivity contribution in [3.8, 4) is 5.75 Å². The van der Waals surface area contributed by atoms with Gasteiger partial charge in [-0.3, -0.25) is 4.99 Å². The molecule has 3 aromatic rings. The molecule has 5 nitrogen and oxygen atoms in total. The number of hydrogen-bond donors (Lipinski definition) is 1. The van der Waals surface area contributed by atoms with Crippen molar-refractivity contribution in [2.24, 2.45) is 4.99 Å². The van der Waals surface area contributed by atoms with Crippen molar-refractivity contribution < 1.29 is 13.2 Å². The molecule has 0 aliphatic carbocycles. The summed E-state index contributed by atoms with van der Waals surface area (Å²) < 4.78 is 30.7. The first-order chi connectivity index (χ1) is 16.4. The van der Waals surface area contributed by atoms with Crippen LogP contribution in [0.1, 0.15) is 37.5 Å². The summed E-state index contributed by atoms with van der Waals surface area (Å²) >= 11 is 18.7. The Labute approximate surface area is 221 Å². The molecule has 0 saturated heterocycles. The molecule has 3 aromatic carbocycles. The summed E-state index contributed by atoms with van der Waals surface area (Å²) in [5, 5.41) is 4.92. The van der Waals surface area contributed by atoms with Gasteiger partial charge in [0.15, 0.2) is 9.84 Å². The SMILES string of the molecule is CCOc1cc(Cl)c(S(C)(=O)=O)cc1C1=N[C@](C)(c2ccc(Cl)cc2)[C@](C)(c2ccc(Cl)cc2)N1. The minimum Gasteiger partial charge on any atom is -0.493 e. The maximum Gasteiger partial charge on any atom is 0.177 e. The van der Waals surface area contributed by atoms with E-state index in [1.807, 2.05) is 62.4 Å². The average molecular weight is 552 g/mol. The Hall–Kier alpha value is -2.25. The molecule has 0 radical (unpaired) electrons. The van der Waals surface area contributed by atoms with Gasteiger partial charge in [0.25, 0.3) is 0 Å². The van der Waals surface area contributed by atoms with Crippen LogP contribution in [0.25, 0.3) is 0 Å². The fourth-order valence-electron chi connectivity index (χ4n) is 4.39. The van der Waals surface area contributed by atoms with Crippen LogP contribution in [0.3, 0.4) is 0 Å². The van der Waals surface area contributed by atoms with Gasteiger partial charge in [0.05, 0.1) is 27.6 Å². The normalized spacial score (nSPS) is 22.0. The number of aliphatic imine (C=N–C) groups is 1. The molecule has 184 valence electrons. The molecule has 1 aliphatic rings. The van der Waals surface area contributed by atoms with Gasteiger partial charge >= 0.3 is 0 Å². The Kier molecular flexibility index (Phi) is 6.88. The van der Waals surface area contributed by atoms with Crippen LogP contribution in [0, 0.1) is 0 Å². The molecule has 0 amide bonds. The Morgan fingerprint density at radius 1 is 0.914 bits per heavy atom. The highest BCUT2D eigenvalue weighted by Crippen LogP contribution is 2.48. The second-order valence-electron chi connectivity index (χ2n) is 8.78. The molecule has 1 aliphatic heterocycles. The highest BCUT2D eigenvalue weighted by atomic mass is 35.5. The van der Waals surface area contributed by atoms with E-state index >= 15 is 0 Å². The van der Waals surface area contributed by atoms with Gasteiger partial charge < -0.3 is 10.1 Å². The van der Waals surface area contributed by atoms with E-state index in [2.05, 4.69) is 12.2 Å². The highest BCUT2D eigenvalue weighted by Gasteiger charge is 2.52. The molecule has 0 bridgehead atoms. The zero-order chi connectivity index (χ0) is 25.6. The quantitative estimate of drug-likeness (QED) is 0.373. The third-order valence-corrected chi connectivity index (χ3v) is 8.56. The Morgan fingerprint density at radius 2 is 1.46 bits per heavy atom. The van der Waals surface area contributed by atoms with Gasteiger partial charge in [-0.05, 0) is 62.2 Å². The van der Waals surface area contributed by atoms with Crippen LogP contribution in [0.2, 0.25) is 15.1 Å². The summed E-state index contributed by atoms with van der Waals surface area (Å²) in [6, 6.07) is 18.2. The first-order valence-electron chi connectivity index (χ1n) is 11.0. The van der Waals surface area contributed by atoms with Crippen LogP contribution in [0.5, 0.6) is 5.75 Å². The number of ether oxygens (including phenoxy) is 1. The number of halogens is 3. The standard InChI is InChI=1S/C26H25Cl3N2O3S/c1-5-34-22-15-21(29)23(35(4,32)33)14-20(22)24-30-25(2,16-6-10-18(27)11-7-16)26(3,31-24)17-8-12-19(28)13-9-17/h6-15H,5H2,1-4H3,(H,30,31)/t25-,26+. The number of amidine groups is 1. The van der Waals surface area contributed by atoms with Crippen molar-refractivity contribution in [3.05, 3.63) is 92.4 Å². The maximum absolute atomic E-state index is 12.4. The van der Waals surface area contributed by atoms with Crippen molar-refractivity contribution >= 4 is 50.5 Å². The lowest BCUT2D eigenvalue weighted by molar-refractivity contribution is 0.268.